The van der Waals surface area contributed by atoms with Crippen LogP contribution in [0.3, 0.4) is 0 Å². The van der Waals surface area contributed by atoms with Crippen LogP contribution in [0.2, 0.25) is 0 Å². The minimum Gasteiger partial charge on any atom is -0.487 e. The highest BCUT2D eigenvalue weighted by atomic mass is 32.2. The average molecular weight is 568 g/mol. The number of imidazole rings is 1. The topological polar surface area (TPSA) is 99.8 Å². The van der Waals surface area contributed by atoms with Crippen LogP contribution >= 0.6 is 0 Å². The maximum atomic E-state index is 14.6. The van der Waals surface area contributed by atoms with E-state index in [-0.39, 0.29) is 11.4 Å². The van der Waals surface area contributed by atoms with Crippen molar-refractivity contribution in [2.75, 3.05) is 19.5 Å². The number of hydrogen-bond acceptors (Lipinski definition) is 6. The van der Waals surface area contributed by atoms with E-state index < -0.39 is 70.2 Å². The number of nitrogens with zero attached hydrogens (tertiary/aromatic N) is 2. The van der Waals surface area contributed by atoms with Crippen molar-refractivity contribution in [3.05, 3.63) is 82.5 Å². The number of aromatic nitrogens is 2. The molecule has 2 atom stereocenters. The summed E-state index contributed by atoms with van der Waals surface area (Å²) in [5, 5.41) is 11.4. The summed E-state index contributed by atoms with van der Waals surface area (Å²) in [5.41, 5.74) is -3.62. The van der Waals surface area contributed by atoms with E-state index in [1.54, 1.807) is 0 Å². The second-order valence-corrected chi connectivity index (χ2v) is 10.0. The van der Waals surface area contributed by atoms with Crippen molar-refractivity contribution in [1.82, 2.24) is 9.13 Å². The molecule has 3 aromatic rings. The van der Waals surface area contributed by atoms with E-state index in [0.29, 0.717) is 12.3 Å². The third kappa shape index (κ3) is 6.39. The lowest BCUT2D eigenvalue weighted by Crippen LogP contribution is -2.44. The van der Waals surface area contributed by atoms with Gasteiger partial charge in [0.05, 0.1) is 18.0 Å². The van der Waals surface area contributed by atoms with Gasteiger partial charge in [0.15, 0.2) is 6.61 Å². The van der Waals surface area contributed by atoms with Crippen LogP contribution in [0, 0.1) is 11.6 Å². The van der Waals surface area contributed by atoms with Crippen LogP contribution in [0.25, 0.3) is 5.69 Å². The fraction of sp³-hybridized carbons (Fsp3) is 0.348. The normalized spacial score (nSPS) is 14.9. The lowest BCUT2D eigenvalue weighted by molar-refractivity contribution is -0.148. The molecule has 0 radical (unpaired) electrons. The third-order valence-corrected chi connectivity index (χ3v) is 6.21. The Kier molecular flexibility index (Phi) is 8.33. The van der Waals surface area contributed by atoms with Crippen LogP contribution in [-0.2, 0) is 19.9 Å². The number of aliphatic hydroxyl groups is 1. The molecule has 0 saturated heterocycles. The largest absolute Gasteiger partial charge is 0.487 e. The monoisotopic (exact) mass is 568 g/mol. The molecule has 1 N–H and O–H groups in total. The zero-order chi connectivity index (χ0) is 28.5. The van der Waals surface area contributed by atoms with Gasteiger partial charge in [0.1, 0.15) is 29.6 Å². The predicted molar refractivity (Wildman–Crippen MR) is 122 cm³/mol. The molecule has 0 aliphatic heterocycles. The Bertz CT molecular complexity index is 1440. The van der Waals surface area contributed by atoms with Crippen molar-refractivity contribution in [2.45, 2.75) is 30.9 Å². The van der Waals surface area contributed by atoms with E-state index in [4.69, 9.17) is 4.18 Å². The van der Waals surface area contributed by atoms with E-state index in [1.807, 2.05) is 0 Å². The smallest absolute Gasteiger partial charge is 0.340 e. The minimum absolute atomic E-state index is 0.172. The lowest BCUT2D eigenvalue weighted by atomic mass is 9.87. The van der Waals surface area contributed by atoms with Crippen molar-refractivity contribution >= 4 is 10.1 Å². The number of ether oxygens (including phenoxy) is 1. The number of rotatable bonds is 11. The molecule has 1 aromatic heterocycles. The van der Waals surface area contributed by atoms with Gasteiger partial charge >= 0.3 is 18.0 Å². The molecule has 2 aromatic carbocycles. The van der Waals surface area contributed by atoms with Gasteiger partial charge in [-0.15, -0.1) is 0 Å². The molecule has 0 unspecified atom stereocenters. The van der Waals surface area contributed by atoms with Gasteiger partial charge in [0.2, 0.25) is 0 Å². The van der Waals surface area contributed by atoms with Gasteiger partial charge in [-0.3, -0.25) is 13.3 Å². The van der Waals surface area contributed by atoms with E-state index in [0.717, 1.165) is 33.4 Å². The van der Waals surface area contributed by atoms with E-state index in [9.17, 15) is 44.7 Å². The maximum Gasteiger partial charge on any atom is 0.340 e. The Hall–Kier alpha value is -3.30. The Morgan fingerprint density at radius 1 is 1.03 bits per heavy atom. The number of alkyl halides is 4. The molecule has 0 saturated carbocycles. The summed E-state index contributed by atoms with van der Waals surface area (Å²) < 4.78 is 113. The quantitative estimate of drug-likeness (QED) is 0.280. The van der Waals surface area contributed by atoms with Crippen molar-refractivity contribution in [2.24, 2.45) is 0 Å². The first-order valence-corrected chi connectivity index (χ1v) is 12.6. The highest BCUT2D eigenvalue weighted by molar-refractivity contribution is 7.85. The standard InChI is InChI=1S/C23H22F6N2O6S/c1-14(22(33,12-37-38(2,34)35)18-8-3-15(24)11-19(18)25)30-9-10-31(21(30)32)16-4-6-17(7-5-16)36-13-23(28,29)20(26)27/h3-11,14,20,33H,12-13H2,1-2H3/t14-,22+/m1/s1. The highest BCUT2D eigenvalue weighted by Crippen LogP contribution is 2.35. The van der Waals surface area contributed by atoms with Crippen molar-refractivity contribution in [1.29, 1.82) is 0 Å². The summed E-state index contributed by atoms with van der Waals surface area (Å²) in [6, 6.07) is 5.70. The Morgan fingerprint density at radius 2 is 1.66 bits per heavy atom. The van der Waals surface area contributed by atoms with Gasteiger partial charge in [-0.1, -0.05) is 6.07 Å². The molecule has 0 bridgehead atoms. The average Bonchev–Trinajstić information content (AvgIpc) is 3.21. The first-order chi connectivity index (χ1) is 17.5. The minimum atomic E-state index is -4.36. The van der Waals surface area contributed by atoms with Gasteiger partial charge in [-0.05, 0) is 37.3 Å². The SMILES string of the molecule is C[C@@H](n1ccn(-c2ccc(OCC(F)(F)C(F)F)cc2)c1=O)[C@@](O)(COS(C)(=O)=O)c1ccc(F)cc1F. The second kappa shape index (κ2) is 10.8. The van der Waals surface area contributed by atoms with E-state index >= 15 is 0 Å². The Balaban J connectivity index is 1.93. The molecule has 208 valence electrons. The molecule has 1 heterocycles. The summed E-state index contributed by atoms with van der Waals surface area (Å²) in [6.07, 6.45) is -0.762. The van der Waals surface area contributed by atoms with Crippen molar-refractivity contribution in [3.8, 4) is 11.4 Å². The number of benzene rings is 2. The molecule has 0 fully saturated rings. The predicted octanol–water partition coefficient (Wildman–Crippen LogP) is 3.62. The molecule has 0 spiro atoms. The molecule has 38 heavy (non-hydrogen) atoms. The molecular weight excluding hydrogens is 546 g/mol. The summed E-state index contributed by atoms with van der Waals surface area (Å²) in [7, 11) is -4.12. The number of hydrogen-bond donors (Lipinski definition) is 1. The van der Waals surface area contributed by atoms with Gasteiger partial charge in [0.25, 0.3) is 10.1 Å². The summed E-state index contributed by atoms with van der Waals surface area (Å²) in [6.45, 7) is -1.30. The summed E-state index contributed by atoms with van der Waals surface area (Å²) in [4.78, 5) is 13.1. The van der Waals surface area contributed by atoms with Crippen LogP contribution < -0.4 is 10.4 Å². The van der Waals surface area contributed by atoms with Crippen LogP contribution in [0.5, 0.6) is 5.75 Å². The van der Waals surface area contributed by atoms with Crippen LogP contribution in [0.4, 0.5) is 26.3 Å². The first-order valence-electron chi connectivity index (χ1n) is 10.8. The molecule has 8 nitrogen and oxygen atoms in total. The molecule has 3 rings (SSSR count). The fourth-order valence-electron chi connectivity index (χ4n) is 3.52. The molecule has 0 amide bonds. The van der Waals surface area contributed by atoms with Gasteiger partial charge in [-0.2, -0.15) is 17.2 Å². The van der Waals surface area contributed by atoms with Crippen molar-refractivity contribution < 1.29 is 48.8 Å². The third-order valence-electron chi connectivity index (χ3n) is 5.67. The van der Waals surface area contributed by atoms with Gasteiger partial charge in [-0.25, -0.2) is 22.4 Å². The highest BCUT2D eigenvalue weighted by Gasteiger charge is 2.42. The summed E-state index contributed by atoms with van der Waals surface area (Å²) >= 11 is 0. The molecule has 15 heteroatoms. The Labute approximate surface area is 212 Å². The van der Waals surface area contributed by atoms with Crippen LogP contribution in [0.1, 0.15) is 18.5 Å². The van der Waals surface area contributed by atoms with E-state index in [2.05, 4.69) is 4.74 Å². The van der Waals surface area contributed by atoms with Crippen LogP contribution in [0.15, 0.2) is 59.7 Å². The first kappa shape index (κ1) is 29.3. The Morgan fingerprint density at radius 3 is 2.21 bits per heavy atom. The van der Waals surface area contributed by atoms with Crippen LogP contribution in [-0.4, -0.2) is 54.5 Å². The van der Waals surface area contributed by atoms with Gasteiger partial charge in [0, 0.05) is 24.0 Å². The zero-order valence-corrected chi connectivity index (χ0v) is 20.6. The maximum absolute atomic E-state index is 14.6. The van der Waals surface area contributed by atoms with E-state index in [1.165, 1.54) is 31.5 Å². The number of halogens is 6. The molecule has 0 aliphatic rings. The molecular formula is C23H22F6N2O6S. The van der Waals surface area contributed by atoms with Crippen molar-refractivity contribution in [3.63, 3.8) is 0 Å². The molecule has 0 aliphatic carbocycles. The second-order valence-electron chi connectivity index (χ2n) is 8.39. The zero-order valence-electron chi connectivity index (χ0n) is 19.8. The lowest BCUT2D eigenvalue weighted by Gasteiger charge is -2.34. The van der Waals surface area contributed by atoms with Gasteiger partial charge < -0.3 is 9.84 Å². The fourth-order valence-corrected chi connectivity index (χ4v) is 3.91. The summed E-state index contributed by atoms with van der Waals surface area (Å²) in [5.74, 6) is -6.70.